The Kier molecular flexibility index (Phi) is 4.91. The van der Waals surface area contributed by atoms with E-state index < -0.39 is 6.04 Å². The molecule has 154 valence electrons. The van der Waals surface area contributed by atoms with Crippen molar-refractivity contribution in [3.8, 4) is 28.5 Å². The van der Waals surface area contributed by atoms with Gasteiger partial charge < -0.3 is 19.8 Å². The molecule has 1 aromatic heterocycles. The molecule has 2 aromatic carbocycles. The Morgan fingerprint density at radius 1 is 1.30 bits per heavy atom. The number of aromatic nitrogens is 2. The zero-order valence-corrected chi connectivity index (χ0v) is 17.2. The van der Waals surface area contributed by atoms with Crippen LogP contribution in [0.25, 0.3) is 11.3 Å². The van der Waals surface area contributed by atoms with Crippen molar-refractivity contribution in [1.82, 2.24) is 15.1 Å². The van der Waals surface area contributed by atoms with E-state index in [-0.39, 0.29) is 17.4 Å². The van der Waals surface area contributed by atoms with E-state index in [0.29, 0.717) is 39.8 Å². The maximum atomic E-state index is 13.1. The predicted molar refractivity (Wildman–Crippen MR) is 113 cm³/mol. The second-order valence-corrected chi connectivity index (χ2v) is 7.47. The van der Waals surface area contributed by atoms with Crippen molar-refractivity contribution in [2.75, 3.05) is 13.7 Å². The molecule has 3 aromatic rings. The van der Waals surface area contributed by atoms with Gasteiger partial charge in [-0.3, -0.25) is 9.89 Å². The second kappa shape index (κ2) is 7.42. The van der Waals surface area contributed by atoms with Gasteiger partial charge in [-0.2, -0.15) is 5.10 Å². The average molecular weight is 426 g/mol. The van der Waals surface area contributed by atoms with Crippen molar-refractivity contribution in [2.24, 2.45) is 0 Å². The average Bonchev–Trinajstić information content (AvgIpc) is 3.25. The SMILES string of the molecule is C=CCN1C(=O)c2[nH]nc(-c3cc(Cl)c(C)cc3O)c2[C@H]1c1ccc(O)c(OC)c1. The lowest BCUT2D eigenvalue weighted by Crippen LogP contribution is -2.29. The van der Waals surface area contributed by atoms with Crippen LogP contribution in [0, 0.1) is 6.92 Å². The highest BCUT2D eigenvalue weighted by Gasteiger charge is 2.42. The highest BCUT2D eigenvalue weighted by molar-refractivity contribution is 6.31. The van der Waals surface area contributed by atoms with Crippen molar-refractivity contribution < 1.29 is 19.7 Å². The second-order valence-electron chi connectivity index (χ2n) is 7.06. The number of ether oxygens (including phenoxy) is 1. The lowest BCUT2D eigenvalue weighted by atomic mass is 9.95. The first-order chi connectivity index (χ1) is 14.4. The van der Waals surface area contributed by atoms with E-state index >= 15 is 0 Å². The van der Waals surface area contributed by atoms with Crippen LogP contribution in [-0.2, 0) is 0 Å². The summed E-state index contributed by atoms with van der Waals surface area (Å²) >= 11 is 6.29. The molecule has 0 bridgehead atoms. The summed E-state index contributed by atoms with van der Waals surface area (Å²) in [5.41, 5.74) is 3.26. The Balaban J connectivity index is 1.95. The maximum absolute atomic E-state index is 13.1. The molecule has 0 spiro atoms. The van der Waals surface area contributed by atoms with Crippen molar-refractivity contribution in [3.05, 3.63) is 70.4 Å². The molecule has 3 N–H and O–H groups in total. The summed E-state index contributed by atoms with van der Waals surface area (Å²) in [5, 5.41) is 28.2. The monoisotopic (exact) mass is 425 g/mol. The quantitative estimate of drug-likeness (QED) is 0.532. The number of amides is 1. The number of phenols is 2. The Labute approximate surface area is 178 Å². The molecule has 0 aliphatic carbocycles. The zero-order chi connectivity index (χ0) is 21.6. The van der Waals surface area contributed by atoms with Gasteiger partial charge in [0, 0.05) is 22.7 Å². The van der Waals surface area contributed by atoms with Crippen LogP contribution in [0.5, 0.6) is 17.2 Å². The molecule has 7 nitrogen and oxygen atoms in total. The number of hydrogen-bond donors (Lipinski definition) is 3. The minimum absolute atomic E-state index is 0.00329. The molecular formula is C22H20ClN3O4. The molecule has 0 unspecified atom stereocenters. The van der Waals surface area contributed by atoms with Crippen molar-refractivity contribution in [2.45, 2.75) is 13.0 Å². The van der Waals surface area contributed by atoms with Gasteiger partial charge in [-0.05, 0) is 42.3 Å². The zero-order valence-electron chi connectivity index (χ0n) is 16.4. The highest BCUT2D eigenvalue weighted by Crippen LogP contribution is 2.46. The van der Waals surface area contributed by atoms with Gasteiger partial charge in [0.15, 0.2) is 11.5 Å². The van der Waals surface area contributed by atoms with Gasteiger partial charge in [0.25, 0.3) is 5.91 Å². The smallest absolute Gasteiger partial charge is 0.273 e. The van der Waals surface area contributed by atoms with Crippen LogP contribution in [0.4, 0.5) is 0 Å². The first-order valence-electron chi connectivity index (χ1n) is 9.23. The fourth-order valence-electron chi connectivity index (χ4n) is 3.80. The third-order valence-corrected chi connectivity index (χ3v) is 5.65. The molecule has 1 aliphatic rings. The topological polar surface area (TPSA) is 98.7 Å². The number of phenolic OH excluding ortho intramolecular Hbond substituents is 2. The van der Waals surface area contributed by atoms with Crippen molar-refractivity contribution in [1.29, 1.82) is 0 Å². The number of methoxy groups -OCH3 is 1. The van der Waals surface area contributed by atoms with Crippen LogP contribution in [0.3, 0.4) is 0 Å². The largest absolute Gasteiger partial charge is 0.507 e. The van der Waals surface area contributed by atoms with Gasteiger partial charge in [-0.1, -0.05) is 23.7 Å². The van der Waals surface area contributed by atoms with Gasteiger partial charge in [0.1, 0.15) is 17.1 Å². The van der Waals surface area contributed by atoms with E-state index in [1.807, 2.05) is 0 Å². The summed E-state index contributed by atoms with van der Waals surface area (Å²) in [4.78, 5) is 14.7. The molecule has 8 heteroatoms. The van der Waals surface area contributed by atoms with Gasteiger partial charge in [0.2, 0.25) is 0 Å². The minimum Gasteiger partial charge on any atom is -0.507 e. The number of aryl methyl sites for hydroxylation is 1. The predicted octanol–water partition coefficient (Wildman–Crippen LogP) is 4.19. The van der Waals surface area contributed by atoms with Crippen LogP contribution in [-0.4, -0.2) is 44.9 Å². The van der Waals surface area contributed by atoms with Crippen LogP contribution >= 0.6 is 11.6 Å². The van der Waals surface area contributed by atoms with E-state index in [2.05, 4.69) is 16.8 Å². The van der Waals surface area contributed by atoms with Crippen LogP contribution in [0.1, 0.15) is 33.2 Å². The summed E-state index contributed by atoms with van der Waals surface area (Å²) in [6.07, 6.45) is 1.64. The number of nitrogens with one attached hydrogen (secondary N) is 1. The molecule has 2 heterocycles. The summed E-state index contributed by atoms with van der Waals surface area (Å²) in [6.45, 7) is 5.85. The molecule has 0 radical (unpaired) electrons. The lowest BCUT2D eigenvalue weighted by Gasteiger charge is -2.25. The van der Waals surface area contributed by atoms with Gasteiger partial charge in [0.05, 0.1) is 13.2 Å². The van der Waals surface area contributed by atoms with Gasteiger partial charge >= 0.3 is 0 Å². The number of rotatable bonds is 5. The van der Waals surface area contributed by atoms with E-state index in [0.717, 1.165) is 11.1 Å². The number of nitrogens with zero attached hydrogens (tertiary/aromatic N) is 2. The summed E-state index contributed by atoms with van der Waals surface area (Å²) in [7, 11) is 1.46. The number of H-pyrrole nitrogens is 1. The fraction of sp³-hybridized carbons (Fsp3) is 0.182. The standard InChI is InChI=1S/C22H20ClN3O4/c1-4-7-26-21(12-5-6-15(27)17(9-12)30-3)18-19(24-25-20(18)22(26)29)13-10-14(23)11(2)8-16(13)28/h4-6,8-10,21,27-28H,1,7H2,2-3H3,(H,24,25)/t21-/m1/s1. The molecule has 0 saturated heterocycles. The minimum atomic E-state index is -0.520. The van der Waals surface area contributed by atoms with Crippen molar-refractivity contribution >= 4 is 17.5 Å². The van der Waals surface area contributed by atoms with Crippen LogP contribution in [0.15, 0.2) is 43.0 Å². The van der Waals surface area contributed by atoms with Crippen molar-refractivity contribution in [3.63, 3.8) is 0 Å². The van der Waals surface area contributed by atoms with E-state index in [4.69, 9.17) is 16.3 Å². The Morgan fingerprint density at radius 3 is 2.77 bits per heavy atom. The van der Waals surface area contributed by atoms with E-state index in [1.165, 1.54) is 13.2 Å². The molecule has 1 amide bonds. The maximum Gasteiger partial charge on any atom is 0.273 e. The highest BCUT2D eigenvalue weighted by atomic mass is 35.5. The van der Waals surface area contributed by atoms with Gasteiger partial charge in [-0.25, -0.2) is 0 Å². The summed E-state index contributed by atoms with van der Waals surface area (Å²) in [6, 6.07) is 7.60. The number of hydrogen-bond acceptors (Lipinski definition) is 5. The molecule has 1 atom stereocenters. The number of carbonyl (C=O) groups excluding carboxylic acids is 1. The third-order valence-electron chi connectivity index (χ3n) is 5.24. The van der Waals surface area contributed by atoms with Gasteiger partial charge in [-0.15, -0.1) is 6.58 Å². The fourth-order valence-corrected chi connectivity index (χ4v) is 3.96. The summed E-state index contributed by atoms with van der Waals surface area (Å²) < 4.78 is 5.25. The van der Waals surface area contributed by atoms with E-state index in [1.54, 1.807) is 42.2 Å². The summed E-state index contributed by atoms with van der Waals surface area (Å²) in [5.74, 6) is 0.0657. The number of benzene rings is 2. The Morgan fingerprint density at radius 2 is 2.07 bits per heavy atom. The molecule has 30 heavy (non-hydrogen) atoms. The normalized spacial score (nSPS) is 15.4. The Bertz CT molecular complexity index is 1170. The van der Waals surface area contributed by atoms with Crippen LogP contribution in [0.2, 0.25) is 5.02 Å². The lowest BCUT2D eigenvalue weighted by molar-refractivity contribution is 0.0764. The molecule has 0 fully saturated rings. The first kappa shape index (κ1) is 19.8. The molecular weight excluding hydrogens is 406 g/mol. The number of fused-ring (bicyclic) bond motifs is 1. The number of aromatic amines is 1. The van der Waals surface area contributed by atoms with E-state index in [9.17, 15) is 15.0 Å². The van der Waals surface area contributed by atoms with Crippen LogP contribution < -0.4 is 4.74 Å². The molecule has 0 saturated carbocycles. The first-order valence-corrected chi connectivity index (χ1v) is 9.61. The number of aromatic hydroxyl groups is 2. The third kappa shape index (κ3) is 2.98. The number of carbonyl (C=O) groups is 1. The Hall–Kier alpha value is -3.45. The number of halogens is 1. The molecule has 4 rings (SSSR count). The molecule has 1 aliphatic heterocycles.